The molecule has 0 atom stereocenters. The lowest BCUT2D eigenvalue weighted by molar-refractivity contribution is 0.375. The second kappa shape index (κ2) is 8.46. The van der Waals surface area contributed by atoms with E-state index in [1.807, 2.05) is 24.3 Å². The Morgan fingerprint density at radius 1 is 1.03 bits per heavy atom. The van der Waals surface area contributed by atoms with Crippen molar-refractivity contribution >= 4 is 11.9 Å². The summed E-state index contributed by atoms with van der Waals surface area (Å²) in [6, 6.07) is 14.4. The SMILES string of the molecule is N#CC1(c2cc(-c3cnc(N)c(-c4cc(-c5ccc6c(c5)C=CC6)no4)n3)ccn2)CCNCC1. The number of piperidine rings is 1. The topological polar surface area (TPSA) is 127 Å². The van der Waals surface area contributed by atoms with Crippen LogP contribution in [0.3, 0.4) is 0 Å². The summed E-state index contributed by atoms with van der Waals surface area (Å²) in [4.78, 5) is 13.7. The number of nitrogen functional groups attached to an aromatic ring is 1. The molecule has 0 radical (unpaired) electrons. The van der Waals surface area contributed by atoms with Gasteiger partial charge in [0.15, 0.2) is 17.3 Å². The average Bonchev–Trinajstić information content (AvgIpc) is 3.59. The third kappa shape index (κ3) is 3.76. The largest absolute Gasteiger partial charge is 0.382 e. The lowest BCUT2D eigenvalue weighted by Crippen LogP contribution is -2.39. The highest BCUT2D eigenvalue weighted by Crippen LogP contribution is 2.35. The predicted molar refractivity (Wildman–Crippen MR) is 133 cm³/mol. The zero-order valence-electron chi connectivity index (χ0n) is 19.0. The highest BCUT2D eigenvalue weighted by Gasteiger charge is 2.35. The molecule has 0 spiro atoms. The zero-order valence-corrected chi connectivity index (χ0v) is 19.0. The number of allylic oxidation sites excluding steroid dienone is 1. The van der Waals surface area contributed by atoms with Crippen LogP contribution in [-0.2, 0) is 11.8 Å². The molecule has 3 N–H and O–H groups in total. The van der Waals surface area contributed by atoms with Gasteiger partial charge in [0.25, 0.3) is 0 Å². The first kappa shape index (κ1) is 21.2. The van der Waals surface area contributed by atoms with Crippen LogP contribution in [-0.4, -0.2) is 33.2 Å². The van der Waals surface area contributed by atoms with Crippen molar-refractivity contribution in [1.29, 1.82) is 5.26 Å². The van der Waals surface area contributed by atoms with Gasteiger partial charge >= 0.3 is 0 Å². The van der Waals surface area contributed by atoms with Gasteiger partial charge in [-0.25, -0.2) is 9.97 Å². The van der Waals surface area contributed by atoms with Gasteiger partial charge in [0.2, 0.25) is 0 Å². The van der Waals surface area contributed by atoms with E-state index in [2.05, 4.69) is 50.8 Å². The quantitative estimate of drug-likeness (QED) is 0.464. The van der Waals surface area contributed by atoms with Crippen molar-refractivity contribution in [2.45, 2.75) is 24.7 Å². The summed E-state index contributed by atoms with van der Waals surface area (Å²) in [7, 11) is 0. The molecule has 0 amide bonds. The zero-order chi connectivity index (χ0) is 23.8. The number of rotatable bonds is 4. The number of hydrogen-bond acceptors (Lipinski definition) is 8. The van der Waals surface area contributed by atoms with Crippen LogP contribution in [0.1, 0.15) is 29.7 Å². The first-order chi connectivity index (χ1) is 17.1. The summed E-state index contributed by atoms with van der Waals surface area (Å²) in [5, 5.41) is 17.5. The molecule has 1 aliphatic heterocycles. The number of benzene rings is 1. The molecule has 4 aromatic rings. The number of hydrogen-bond donors (Lipinski definition) is 2. The molecular formula is C27H23N7O. The number of nitriles is 1. The molecule has 1 fully saturated rings. The van der Waals surface area contributed by atoms with Gasteiger partial charge in [0.05, 0.1) is 23.7 Å². The molecule has 0 saturated carbocycles. The van der Waals surface area contributed by atoms with Crippen LogP contribution < -0.4 is 11.1 Å². The molecule has 0 bridgehead atoms. The van der Waals surface area contributed by atoms with Crippen molar-refractivity contribution in [1.82, 2.24) is 25.4 Å². The molecule has 172 valence electrons. The number of anilines is 1. The van der Waals surface area contributed by atoms with Crippen LogP contribution in [0.4, 0.5) is 5.82 Å². The van der Waals surface area contributed by atoms with Gasteiger partial charge in [0.1, 0.15) is 11.1 Å². The summed E-state index contributed by atoms with van der Waals surface area (Å²) in [6.07, 6.45) is 10.0. The van der Waals surface area contributed by atoms with Gasteiger partial charge in [-0.2, -0.15) is 5.26 Å². The molecule has 6 rings (SSSR count). The van der Waals surface area contributed by atoms with E-state index >= 15 is 0 Å². The summed E-state index contributed by atoms with van der Waals surface area (Å²) in [5.74, 6) is 0.707. The van der Waals surface area contributed by atoms with Crippen LogP contribution in [0.15, 0.2) is 59.4 Å². The first-order valence-electron chi connectivity index (χ1n) is 11.6. The van der Waals surface area contributed by atoms with Crippen molar-refractivity contribution in [2.24, 2.45) is 0 Å². The maximum Gasteiger partial charge on any atom is 0.189 e. The number of nitrogens with two attached hydrogens (primary N) is 1. The Balaban J connectivity index is 1.35. The maximum atomic E-state index is 9.95. The molecule has 1 saturated heterocycles. The van der Waals surface area contributed by atoms with Crippen molar-refractivity contribution in [3.8, 4) is 40.0 Å². The Hall–Kier alpha value is -4.35. The molecule has 8 nitrogen and oxygen atoms in total. The third-order valence-electron chi connectivity index (χ3n) is 6.84. The highest BCUT2D eigenvalue weighted by atomic mass is 16.5. The molecule has 0 unspecified atom stereocenters. The number of nitrogens with one attached hydrogen (secondary N) is 1. The molecule has 1 aliphatic carbocycles. The van der Waals surface area contributed by atoms with E-state index in [0.717, 1.165) is 49.2 Å². The van der Waals surface area contributed by atoms with Gasteiger partial charge in [0, 0.05) is 23.4 Å². The van der Waals surface area contributed by atoms with E-state index in [1.165, 1.54) is 11.1 Å². The van der Waals surface area contributed by atoms with E-state index in [9.17, 15) is 5.26 Å². The molecule has 3 aromatic heterocycles. The Morgan fingerprint density at radius 2 is 1.89 bits per heavy atom. The lowest BCUT2D eigenvalue weighted by atomic mass is 9.77. The van der Waals surface area contributed by atoms with Crippen LogP contribution in [0.5, 0.6) is 0 Å². The van der Waals surface area contributed by atoms with Crippen molar-refractivity contribution in [3.63, 3.8) is 0 Å². The Labute approximate surface area is 202 Å². The number of pyridine rings is 1. The fourth-order valence-corrected chi connectivity index (χ4v) is 4.78. The Bertz CT molecular complexity index is 1490. The predicted octanol–water partition coefficient (Wildman–Crippen LogP) is 4.16. The van der Waals surface area contributed by atoms with E-state index < -0.39 is 5.41 Å². The molecular weight excluding hydrogens is 438 g/mol. The van der Waals surface area contributed by atoms with E-state index in [4.69, 9.17) is 15.2 Å². The Kier molecular flexibility index (Phi) is 5.12. The fraction of sp³-hybridized carbons (Fsp3) is 0.222. The maximum absolute atomic E-state index is 9.95. The van der Waals surface area contributed by atoms with E-state index in [-0.39, 0.29) is 5.82 Å². The lowest BCUT2D eigenvalue weighted by Gasteiger charge is -2.30. The van der Waals surface area contributed by atoms with E-state index in [0.29, 0.717) is 22.8 Å². The van der Waals surface area contributed by atoms with Gasteiger partial charge in [-0.15, -0.1) is 0 Å². The van der Waals surface area contributed by atoms with Gasteiger partial charge < -0.3 is 15.6 Å². The highest BCUT2D eigenvalue weighted by molar-refractivity contribution is 5.75. The summed E-state index contributed by atoms with van der Waals surface area (Å²) in [6.45, 7) is 1.58. The molecule has 1 aromatic carbocycles. The van der Waals surface area contributed by atoms with Crippen LogP contribution in [0.2, 0.25) is 0 Å². The standard InChI is InChI=1S/C27H23N7O/c28-16-27(7-10-30-11-8-27)24-13-20(6-9-31-24)22-15-32-26(29)25(33-22)23-14-21(34-35-23)19-5-4-17-2-1-3-18(17)12-19/h1,3-6,9,12-15,30H,2,7-8,10-11H2,(H2,29,32). The van der Waals surface area contributed by atoms with Crippen LogP contribution in [0, 0.1) is 11.3 Å². The minimum atomic E-state index is -0.601. The summed E-state index contributed by atoms with van der Waals surface area (Å²) in [5.41, 5.74) is 12.4. The second-order valence-electron chi connectivity index (χ2n) is 8.96. The Morgan fingerprint density at radius 3 is 2.74 bits per heavy atom. The minimum absolute atomic E-state index is 0.259. The molecule has 4 heterocycles. The summed E-state index contributed by atoms with van der Waals surface area (Å²) >= 11 is 0. The van der Waals surface area contributed by atoms with Crippen molar-refractivity contribution < 1.29 is 4.52 Å². The molecule has 35 heavy (non-hydrogen) atoms. The fourth-order valence-electron chi connectivity index (χ4n) is 4.78. The molecule has 2 aliphatic rings. The number of aromatic nitrogens is 4. The van der Waals surface area contributed by atoms with Crippen LogP contribution in [0.25, 0.3) is 40.0 Å². The van der Waals surface area contributed by atoms with E-state index in [1.54, 1.807) is 12.4 Å². The van der Waals surface area contributed by atoms with Crippen LogP contribution >= 0.6 is 0 Å². The van der Waals surface area contributed by atoms with Crippen molar-refractivity contribution in [2.75, 3.05) is 18.8 Å². The minimum Gasteiger partial charge on any atom is -0.382 e. The summed E-state index contributed by atoms with van der Waals surface area (Å²) < 4.78 is 5.64. The third-order valence-corrected chi connectivity index (χ3v) is 6.84. The second-order valence-corrected chi connectivity index (χ2v) is 8.96. The number of nitrogens with zero attached hydrogens (tertiary/aromatic N) is 5. The smallest absolute Gasteiger partial charge is 0.189 e. The number of fused-ring (bicyclic) bond motifs is 1. The molecule has 8 heteroatoms. The first-order valence-corrected chi connectivity index (χ1v) is 11.6. The monoisotopic (exact) mass is 461 g/mol. The average molecular weight is 462 g/mol. The van der Waals surface area contributed by atoms with Crippen molar-refractivity contribution in [3.05, 3.63) is 71.7 Å². The van der Waals surface area contributed by atoms with Gasteiger partial charge in [-0.1, -0.05) is 29.4 Å². The van der Waals surface area contributed by atoms with Gasteiger partial charge in [-0.3, -0.25) is 4.98 Å². The van der Waals surface area contributed by atoms with Gasteiger partial charge in [-0.05, 0) is 61.7 Å². The normalized spacial score (nSPS) is 16.1.